The summed E-state index contributed by atoms with van der Waals surface area (Å²) >= 11 is 0. The van der Waals surface area contributed by atoms with Crippen LogP contribution < -0.4 is 0 Å². The van der Waals surface area contributed by atoms with E-state index in [4.69, 9.17) is 9.47 Å². The van der Waals surface area contributed by atoms with Crippen molar-refractivity contribution in [1.82, 2.24) is 0 Å². The Labute approximate surface area is 328 Å². The second-order valence-electron chi connectivity index (χ2n) is 22.5. The minimum Gasteiger partial charge on any atom is -0.461 e. The highest BCUT2D eigenvalue weighted by atomic mass is 16.5. The third kappa shape index (κ3) is 6.75. The molecule has 0 aromatic carbocycles. The molecule has 0 radical (unpaired) electrons. The molecule has 4 unspecified atom stereocenters. The summed E-state index contributed by atoms with van der Waals surface area (Å²) in [5.74, 6) is 2.58. The number of carbonyl (C=O) groups is 2. The van der Waals surface area contributed by atoms with Crippen LogP contribution in [0.5, 0.6) is 0 Å². The lowest BCUT2D eigenvalue weighted by molar-refractivity contribution is -0.908. The number of likely N-dealkylation sites (N-methyl/N-ethyl adjacent to an activating group) is 2. The molecule has 2 heterocycles. The van der Waals surface area contributed by atoms with Gasteiger partial charge in [0.15, 0.2) is 13.1 Å². The second-order valence-corrected chi connectivity index (χ2v) is 22.5. The van der Waals surface area contributed by atoms with Gasteiger partial charge in [0.1, 0.15) is 6.10 Å². The van der Waals surface area contributed by atoms with Gasteiger partial charge in [-0.3, -0.25) is 0 Å². The fourth-order valence-corrected chi connectivity index (χ4v) is 15.5. The number of aliphatic hydroxyl groups excluding tert-OH is 2. The predicted molar refractivity (Wildman–Crippen MR) is 212 cm³/mol. The molecule has 0 spiro atoms. The van der Waals surface area contributed by atoms with Crippen molar-refractivity contribution in [3.63, 3.8) is 0 Å². The van der Waals surface area contributed by atoms with Crippen LogP contribution in [0.15, 0.2) is 12.2 Å². The lowest BCUT2D eigenvalue weighted by atomic mass is 9.32. The summed E-state index contributed by atoms with van der Waals surface area (Å²) in [6, 6.07) is 0. The molecule has 8 nitrogen and oxygen atoms in total. The molecule has 7 fully saturated rings. The van der Waals surface area contributed by atoms with Crippen LogP contribution in [0.4, 0.5) is 0 Å². The predicted octanol–water partition coefficient (Wildman–Crippen LogP) is 7.30. The molecule has 306 valence electrons. The number of allylic oxidation sites excluding steroid dienone is 1. The van der Waals surface area contributed by atoms with Gasteiger partial charge in [-0.05, 0) is 117 Å². The van der Waals surface area contributed by atoms with Gasteiger partial charge in [-0.2, -0.15) is 0 Å². The fraction of sp³-hybridized carbons (Fsp3) is 0.913. The highest BCUT2D eigenvalue weighted by Gasteiger charge is 2.71. The molecule has 7 rings (SSSR count). The van der Waals surface area contributed by atoms with Crippen LogP contribution in [0.3, 0.4) is 0 Å². The largest absolute Gasteiger partial charge is 0.461 e. The molecule has 10 atom stereocenters. The van der Waals surface area contributed by atoms with E-state index >= 15 is 0 Å². The van der Waals surface area contributed by atoms with Gasteiger partial charge in [-0.25, -0.2) is 9.59 Å². The quantitative estimate of drug-likeness (QED) is 0.154. The van der Waals surface area contributed by atoms with Gasteiger partial charge < -0.3 is 28.7 Å². The number of fused-ring (bicyclic) bond motifs is 7. The van der Waals surface area contributed by atoms with Crippen LogP contribution >= 0.6 is 0 Å². The minimum absolute atomic E-state index is 0.0293. The second kappa shape index (κ2) is 14.1. The van der Waals surface area contributed by atoms with Crippen molar-refractivity contribution < 1.29 is 38.2 Å². The van der Waals surface area contributed by atoms with Crippen molar-refractivity contribution in [1.29, 1.82) is 0 Å². The molecule has 8 heteroatoms. The first-order chi connectivity index (χ1) is 25.2. The van der Waals surface area contributed by atoms with Crippen molar-refractivity contribution in [3.8, 4) is 0 Å². The molecule has 7 aliphatic rings. The van der Waals surface area contributed by atoms with E-state index in [1.54, 1.807) is 0 Å². The summed E-state index contributed by atoms with van der Waals surface area (Å²) in [4.78, 5) is 27.0. The number of nitrogens with zero attached hydrogens (tertiary/aromatic N) is 2. The first-order valence-electron chi connectivity index (χ1n) is 22.2. The summed E-state index contributed by atoms with van der Waals surface area (Å²) < 4.78 is 14.2. The van der Waals surface area contributed by atoms with E-state index < -0.39 is 0 Å². The summed E-state index contributed by atoms with van der Waals surface area (Å²) in [6.45, 7) is 24.3. The normalized spacial score (nSPS) is 49.7. The van der Waals surface area contributed by atoms with Crippen molar-refractivity contribution in [2.75, 3.05) is 60.0 Å². The molecule has 0 bridgehead atoms. The van der Waals surface area contributed by atoms with Crippen molar-refractivity contribution in [3.05, 3.63) is 12.2 Å². The van der Waals surface area contributed by atoms with Crippen LogP contribution in [0.1, 0.15) is 131 Å². The molecule has 5 saturated carbocycles. The van der Waals surface area contributed by atoms with E-state index in [1.165, 1.54) is 37.7 Å². The molecule has 5 aliphatic carbocycles. The number of ether oxygens (including phenoxy) is 2. The number of likely N-dealkylation sites (tertiary alicyclic amines) is 2. The lowest BCUT2D eigenvalue weighted by Crippen LogP contribution is -2.67. The fourth-order valence-electron chi connectivity index (χ4n) is 15.5. The Morgan fingerprint density at radius 2 is 1.28 bits per heavy atom. The summed E-state index contributed by atoms with van der Waals surface area (Å²) in [5, 5.41) is 20.1. The minimum atomic E-state index is -0.237. The maximum absolute atomic E-state index is 13.5. The third-order valence-electron chi connectivity index (χ3n) is 19.0. The number of hydrogen-bond acceptors (Lipinski definition) is 6. The summed E-state index contributed by atoms with van der Waals surface area (Å²) in [5.41, 5.74) is 1.89. The zero-order chi connectivity index (χ0) is 39.1. The molecular formula is C46H78N2O6+2. The van der Waals surface area contributed by atoms with Gasteiger partial charge in [0.25, 0.3) is 0 Å². The maximum Gasteiger partial charge on any atom is 0.362 e. The number of esters is 2. The van der Waals surface area contributed by atoms with E-state index in [2.05, 4.69) is 62.2 Å². The van der Waals surface area contributed by atoms with Crippen LogP contribution in [0.2, 0.25) is 0 Å². The molecular weight excluding hydrogens is 677 g/mol. The first-order valence-corrected chi connectivity index (χ1v) is 22.2. The summed E-state index contributed by atoms with van der Waals surface area (Å²) in [6.07, 6.45) is 14.1. The molecule has 54 heavy (non-hydrogen) atoms. The highest BCUT2D eigenvalue weighted by Crippen LogP contribution is 2.77. The smallest absolute Gasteiger partial charge is 0.362 e. The van der Waals surface area contributed by atoms with Gasteiger partial charge in [0.05, 0.1) is 59.1 Å². The number of aliphatic hydroxyl groups is 2. The van der Waals surface area contributed by atoms with Crippen LogP contribution in [-0.4, -0.2) is 109 Å². The van der Waals surface area contributed by atoms with Crippen molar-refractivity contribution in [2.24, 2.45) is 56.7 Å². The molecule has 2 aliphatic heterocycles. The van der Waals surface area contributed by atoms with Crippen molar-refractivity contribution in [2.45, 2.75) is 150 Å². The molecule has 0 aromatic rings. The zero-order valence-corrected chi connectivity index (χ0v) is 35.6. The Morgan fingerprint density at radius 1 is 0.685 bits per heavy atom. The van der Waals surface area contributed by atoms with Crippen LogP contribution in [-0.2, 0) is 19.1 Å². The molecule has 0 aromatic heterocycles. The number of carbonyl (C=O) groups excluding carboxylic acids is 2. The number of quaternary nitrogens is 2. The van der Waals surface area contributed by atoms with E-state index in [9.17, 15) is 19.8 Å². The lowest BCUT2D eigenvalue weighted by Gasteiger charge is -2.73. The monoisotopic (exact) mass is 755 g/mol. The van der Waals surface area contributed by atoms with Gasteiger partial charge in [-0.1, -0.05) is 46.8 Å². The van der Waals surface area contributed by atoms with E-state index in [-0.39, 0.29) is 57.3 Å². The molecule has 0 amide bonds. The van der Waals surface area contributed by atoms with Gasteiger partial charge in [-0.15, -0.1) is 0 Å². The number of piperidine rings is 2. The summed E-state index contributed by atoms with van der Waals surface area (Å²) in [7, 11) is 4.29. The first kappa shape index (κ1) is 40.7. The Balaban J connectivity index is 1.07. The average molecular weight is 755 g/mol. The van der Waals surface area contributed by atoms with E-state index in [0.717, 1.165) is 84.0 Å². The van der Waals surface area contributed by atoms with Crippen LogP contribution in [0.25, 0.3) is 0 Å². The Morgan fingerprint density at radius 3 is 1.87 bits per heavy atom. The number of hydrogen-bond donors (Lipinski definition) is 2. The topological polar surface area (TPSA) is 93.1 Å². The standard InChI is InChI=1S/C46H78N2O6/c1-31(2)34-12-21-46(30-53-39(51)28-47(8)24-15-32(49)16-25-47)23-22-44(6)35(41(34)46)10-11-37-43(5)19-14-38(42(3,4)36(43)13-20-45(37,44)7)54-40(52)29-48(9)26-17-33(50)18-27-48/h32-38,41,49-50H,1,10-30H2,2-9H3/q+2/t32?,33?,34-,35?,36?,37?,38-,41?,43-,44+,45+,46+,47?,48?/m0/s1. The Bertz CT molecular complexity index is 1450. The van der Waals surface area contributed by atoms with Crippen LogP contribution in [0, 0.1) is 56.7 Å². The number of rotatable bonds is 8. The average Bonchev–Trinajstić information content (AvgIpc) is 3.49. The van der Waals surface area contributed by atoms with Gasteiger partial charge >= 0.3 is 11.9 Å². The SMILES string of the molecule is C=C(C)[C@@H]1CC[C@]2(COC(=O)C[N+]3(C)CCC(O)CC3)CC[C@]3(C)C(CCC4[C@@]5(C)CC[C@H](OC(=O)C[N+]6(C)CCC(O)CC6)C(C)(C)C5CC[C@]43C)C12. The Hall–Kier alpha value is -1.48. The molecule has 2 N–H and O–H groups in total. The molecule has 2 saturated heterocycles. The Kier molecular flexibility index (Phi) is 10.6. The maximum atomic E-state index is 13.5. The highest BCUT2D eigenvalue weighted by molar-refractivity contribution is 5.71. The van der Waals surface area contributed by atoms with Gasteiger partial charge in [0.2, 0.25) is 0 Å². The zero-order valence-electron chi connectivity index (χ0n) is 35.6. The van der Waals surface area contributed by atoms with E-state index in [1.807, 2.05) is 0 Å². The van der Waals surface area contributed by atoms with Gasteiger partial charge in [0, 0.05) is 36.5 Å². The van der Waals surface area contributed by atoms with E-state index in [0.29, 0.717) is 58.3 Å². The third-order valence-corrected chi connectivity index (χ3v) is 19.0. The van der Waals surface area contributed by atoms with Crippen molar-refractivity contribution >= 4 is 11.9 Å².